The van der Waals surface area contributed by atoms with Crippen LogP contribution < -0.4 is 0 Å². The molecule has 5 nitrogen and oxygen atoms in total. The standard InChI is InChI=1S/C16H19N3O2/c1-3-18-10-13-8-12(5-6-14(13)17-18)15-7-4-11(2)9-19(15)16(20)21/h5-8,10-11H,3-4,9H2,1-2H3,(H,20,21). The Hall–Kier alpha value is -2.30. The molecule has 2 aromatic rings. The van der Waals surface area contributed by atoms with E-state index in [1.54, 1.807) is 0 Å². The van der Waals surface area contributed by atoms with E-state index < -0.39 is 6.09 Å². The van der Waals surface area contributed by atoms with Crippen LogP contribution in [-0.4, -0.2) is 32.4 Å². The first-order valence-electron chi connectivity index (χ1n) is 7.26. The molecule has 1 atom stereocenters. The number of allylic oxidation sites excluding steroid dienone is 1. The Morgan fingerprint density at radius 2 is 2.29 bits per heavy atom. The molecule has 5 heteroatoms. The van der Waals surface area contributed by atoms with E-state index in [2.05, 4.69) is 12.0 Å². The second kappa shape index (κ2) is 5.24. The summed E-state index contributed by atoms with van der Waals surface area (Å²) in [6.07, 6.45) is 4.03. The minimum absolute atomic E-state index is 0.358. The fourth-order valence-electron chi connectivity index (χ4n) is 2.76. The Morgan fingerprint density at radius 1 is 1.48 bits per heavy atom. The fourth-order valence-corrected chi connectivity index (χ4v) is 2.76. The van der Waals surface area contributed by atoms with Crippen LogP contribution in [0.25, 0.3) is 16.6 Å². The normalized spacial score (nSPS) is 18.9. The highest BCUT2D eigenvalue weighted by molar-refractivity contribution is 5.87. The van der Waals surface area contributed by atoms with Crippen LogP contribution in [0.3, 0.4) is 0 Å². The van der Waals surface area contributed by atoms with Gasteiger partial charge in [-0.3, -0.25) is 9.58 Å². The van der Waals surface area contributed by atoms with E-state index in [9.17, 15) is 9.90 Å². The van der Waals surface area contributed by atoms with Gasteiger partial charge in [0.2, 0.25) is 0 Å². The molecule has 1 amide bonds. The minimum Gasteiger partial charge on any atom is -0.465 e. The van der Waals surface area contributed by atoms with Gasteiger partial charge in [0, 0.05) is 24.7 Å². The van der Waals surface area contributed by atoms with Crippen molar-refractivity contribution in [3.63, 3.8) is 0 Å². The van der Waals surface area contributed by atoms with E-state index in [-0.39, 0.29) is 0 Å². The quantitative estimate of drug-likeness (QED) is 0.919. The summed E-state index contributed by atoms with van der Waals surface area (Å²) in [6.45, 7) is 5.49. The van der Waals surface area contributed by atoms with Crippen LogP contribution in [0, 0.1) is 5.92 Å². The molecule has 1 unspecified atom stereocenters. The first-order valence-corrected chi connectivity index (χ1v) is 7.26. The van der Waals surface area contributed by atoms with Crippen molar-refractivity contribution in [1.29, 1.82) is 0 Å². The highest BCUT2D eigenvalue weighted by Crippen LogP contribution is 2.29. The van der Waals surface area contributed by atoms with Crippen molar-refractivity contribution in [2.24, 2.45) is 5.92 Å². The van der Waals surface area contributed by atoms with Crippen LogP contribution in [-0.2, 0) is 6.54 Å². The summed E-state index contributed by atoms with van der Waals surface area (Å²) in [6, 6.07) is 5.93. The zero-order valence-corrected chi connectivity index (χ0v) is 12.3. The molecule has 0 fully saturated rings. The summed E-state index contributed by atoms with van der Waals surface area (Å²) < 4.78 is 1.89. The number of aromatic nitrogens is 2. The van der Waals surface area contributed by atoms with Crippen molar-refractivity contribution in [1.82, 2.24) is 14.7 Å². The summed E-state index contributed by atoms with van der Waals surface area (Å²) in [4.78, 5) is 12.9. The number of nitrogens with zero attached hydrogens (tertiary/aromatic N) is 3. The maximum atomic E-state index is 11.5. The molecule has 1 aromatic heterocycles. The monoisotopic (exact) mass is 285 g/mol. The molecule has 2 heterocycles. The zero-order chi connectivity index (χ0) is 15.0. The van der Waals surface area contributed by atoms with E-state index in [4.69, 9.17) is 0 Å². The van der Waals surface area contributed by atoms with Gasteiger partial charge >= 0.3 is 6.09 Å². The molecule has 21 heavy (non-hydrogen) atoms. The topological polar surface area (TPSA) is 58.4 Å². The lowest BCUT2D eigenvalue weighted by Gasteiger charge is -2.30. The van der Waals surface area contributed by atoms with Gasteiger partial charge in [0.1, 0.15) is 0 Å². The van der Waals surface area contributed by atoms with E-state index >= 15 is 0 Å². The second-order valence-corrected chi connectivity index (χ2v) is 5.58. The average molecular weight is 285 g/mol. The van der Waals surface area contributed by atoms with Crippen LogP contribution in [0.15, 0.2) is 30.5 Å². The Balaban J connectivity index is 2.03. The van der Waals surface area contributed by atoms with Crippen LogP contribution >= 0.6 is 0 Å². The molecular weight excluding hydrogens is 266 g/mol. The predicted molar refractivity (Wildman–Crippen MR) is 81.9 cm³/mol. The minimum atomic E-state index is -0.892. The number of fused-ring (bicyclic) bond motifs is 1. The van der Waals surface area contributed by atoms with Crippen molar-refractivity contribution in [2.45, 2.75) is 26.8 Å². The molecular formula is C16H19N3O2. The Morgan fingerprint density at radius 3 is 3.00 bits per heavy atom. The smallest absolute Gasteiger partial charge is 0.411 e. The third-order valence-electron chi connectivity index (χ3n) is 3.90. The summed E-state index contributed by atoms with van der Waals surface area (Å²) >= 11 is 0. The third-order valence-corrected chi connectivity index (χ3v) is 3.90. The number of benzene rings is 1. The fraction of sp³-hybridized carbons (Fsp3) is 0.375. The van der Waals surface area contributed by atoms with Gasteiger partial charge in [-0.1, -0.05) is 19.1 Å². The molecule has 0 saturated heterocycles. The van der Waals surface area contributed by atoms with E-state index in [1.165, 1.54) is 4.90 Å². The third kappa shape index (κ3) is 2.51. The lowest BCUT2D eigenvalue weighted by atomic mass is 9.98. The molecule has 0 radical (unpaired) electrons. The lowest BCUT2D eigenvalue weighted by molar-refractivity contribution is 0.159. The number of rotatable bonds is 2. The Labute approximate surface area is 123 Å². The van der Waals surface area contributed by atoms with Crippen LogP contribution in [0.1, 0.15) is 25.8 Å². The van der Waals surface area contributed by atoms with Gasteiger partial charge in [-0.15, -0.1) is 0 Å². The Bertz CT molecular complexity index is 717. The van der Waals surface area contributed by atoms with Crippen LogP contribution in [0.4, 0.5) is 4.79 Å². The molecule has 1 aliphatic heterocycles. The molecule has 1 aliphatic rings. The summed E-state index contributed by atoms with van der Waals surface area (Å²) in [5.41, 5.74) is 2.66. The molecule has 0 saturated carbocycles. The molecule has 3 rings (SSSR count). The molecule has 0 aliphatic carbocycles. The maximum absolute atomic E-state index is 11.5. The van der Waals surface area contributed by atoms with Crippen LogP contribution in [0.2, 0.25) is 0 Å². The SMILES string of the molecule is CCn1cc2cc(C3=CCC(C)CN3C(=O)O)ccc2n1. The van der Waals surface area contributed by atoms with Gasteiger partial charge in [-0.05, 0) is 37.0 Å². The number of aryl methyl sites for hydroxylation is 1. The van der Waals surface area contributed by atoms with E-state index in [1.807, 2.05) is 42.1 Å². The first-order chi connectivity index (χ1) is 10.1. The number of hydrogen-bond acceptors (Lipinski definition) is 2. The van der Waals surface area contributed by atoms with Crippen molar-refractivity contribution < 1.29 is 9.90 Å². The zero-order valence-electron chi connectivity index (χ0n) is 12.3. The Kier molecular flexibility index (Phi) is 3.41. The summed E-state index contributed by atoms with van der Waals surface area (Å²) in [5.74, 6) is 0.358. The molecule has 0 bridgehead atoms. The van der Waals surface area contributed by atoms with E-state index in [0.717, 1.165) is 35.1 Å². The van der Waals surface area contributed by atoms with Crippen molar-refractivity contribution in [3.05, 3.63) is 36.0 Å². The van der Waals surface area contributed by atoms with Crippen molar-refractivity contribution in [3.8, 4) is 0 Å². The highest BCUT2D eigenvalue weighted by atomic mass is 16.4. The van der Waals surface area contributed by atoms with Crippen molar-refractivity contribution in [2.75, 3.05) is 6.54 Å². The average Bonchev–Trinajstić information content (AvgIpc) is 2.89. The summed E-state index contributed by atoms with van der Waals surface area (Å²) in [5, 5.41) is 14.9. The van der Waals surface area contributed by atoms with Gasteiger partial charge in [0.25, 0.3) is 0 Å². The molecule has 1 N–H and O–H groups in total. The summed E-state index contributed by atoms with van der Waals surface area (Å²) in [7, 11) is 0. The number of carboxylic acid groups (broad SMARTS) is 1. The van der Waals surface area contributed by atoms with Gasteiger partial charge in [-0.2, -0.15) is 5.10 Å². The maximum Gasteiger partial charge on any atom is 0.411 e. The molecule has 110 valence electrons. The molecule has 0 spiro atoms. The van der Waals surface area contributed by atoms with E-state index in [0.29, 0.717) is 12.5 Å². The second-order valence-electron chi connectivity index (χ2n) is 5.58. The van der Waals surface area contributed by atoms with Gasteiger partial charge < -0.3 is 5.11 Å². The predicted octanol–water partition coefficient (Wildman–Crippen LogP) is 3.42. The first kappa shape index (κ1) is 13.7. The van der Waals surface area contributed by atoms with Crippen molar-refractivity contribution >= 4 is 22.7 Å². The number of hydrogen-bond donors (Lipinski definition) is 1. The van der Waals surface area contributed by atoms with Gasteiger partial charge in [0.05, 0.1) is 11.2 Å². The molecule has 1 aromatic carbocycles. The van der Waals surface area contributed by atoms with Crippen LogP contribution in [0.5, 0.6) is 0 Å². The lowest BCUT2D eigenvalue weighted by Crippen LogP contribution is -2.34. The van der Waals surface area contributed by atoms with Gasteiger partial charge in [0.15, 0.2) is 0 Å². The number of carbonyl (C=O) groups is 1. The highest BCUT2D eigenvalue weighted by Gasteiger charge is 2.24. The van der Waals surface area contributed by atoms with Gasteiger partial charge in [-0.25, -0.2) is 4.79 Å². The largest absolute Gasteiger partial charge is 0.465 e. The number of amides is 1.